The molecule has 0 aliphatic carbocycles. The Labute approximate surface area is 119 Å². The first-order valence-electron chi connectivity index (χ1n) is 5.97. The summed E-state index contributed by atoms with van der Waals surface area (Å²) >= 11 is 1.56. The average molecular weight is 288 g/mol. The Balaban J connectivity index is 1.80. The number of aromatic nitrogens is 2. The van der Waals surface area contributed by atoms with Crippen molar-refractivity contribution in [1.29, 1.82) is 0 Å². The van der Waals surface area contributed by atoms with E-state index < -0.39 is 0 Å². The zero-order valence-electron chi connectivity index (χ0n) is 10.8. The largest absolute Gasteiger partial charge is 0.497 e. The van der Waals surface area contributed by atoms with Crippen LogP contribution in [-0.4, -0.2) is 22.8 Å². The van der Waals surface area contributed by atoms with E-state index in [-0.39, 0.29) is 0 Å². The molecule has 5 nitrogen and oxygen atoms in total. The zero-order valence-corrected chi connectivity index (χ0v) is 11.6. The number of carbonyl (C=O) groups is 1. The summed E-state index contributed by atoms with van der Waals surface area (Å²) < 4.78 is 12.7. The first kappa shape index (κ1) is 12.7. The lowest BCUT2D eigenvalue weighted by atomic mass is 10.2. The molecule has 0 N–H and O–H groups in total. The molecule has 20 heavy (non-hydrogen) atoms. The second-order valence-corrected chi connectivity index (χ2v) is 5.01. The van der Waals surface area contributed by atoms with Crippen LogP contribution in [0.5, 0.6) is 11.5 Å². The van der Waals surface area contributed by atoms with E-state index in [2.05, 4.69) is 4.98 Å². The molecule has 3 aromatic rings. The summed E-state index contributed by atoms with van der Waals surface area (Å²) in [5.41, 5.74) is 1.31. The normalized spacial score (nSPS) is 10.7. The molecule has 0 saturated carbocycles. The molecule has 0 spiro atoms. The Morgan fingerprint density at radius 2 is 2.35 bits per heavy atom. The number of thiazole rings is 1. The Kier molecular flexibility index (Phi) is 3.39. The third-order valence-corrected chi connectivity index (χ3v) is 3.64. The van der Waals surface area contributed by atoms with Crippen LogP contribution in [0.2, 0.25) is 0 Å². The Bertz CT molecular complexity index is 719. The zero-order chi connectivity index (χ0) is 13.9. The van der Waals surface area contributed by atoms with Crippen molar-refractivity contribution in [2.45, 2.75) is 6.61 Å². The van der Waals surface area contributed by atoms with E-state index in [1.807, 2.05) is 22.2 Å². The number of methoxy groups -OCH3 is 1. The molecule has 0 amide bonds. The van der Waals surface area contributed by atoms with Gasteiger partial charge in [0.2, 0.25) is 0 Å². The highest BCUT2D eigenvalue weighted by atomic mass is 32.1. The van der Waals surface area contributed by atoms with Crippen LogP contribution < -0.4 is 9.47 Å². The summed E-state index contributed by atoms with van der Waals surface area (Å²) in [6.45, 7) is 0.308. The van der Waals surface area contributed by atoms with Crippen LogP contribution >= 0.6 is 11.3 Å². The van der Waals surface area contributed by atoms with Crippen molar-refractivity contribution in [2.75, 3.05) is 7.11 Å². The number of hydrogen-bond acceptors (Lipinski definition) is 5. The average Bonchev–Trinajstić information content (AvgIpc) is 3.05. The van der Waals surface area contributed by atoms with E-state index in [9.17, 15) is 4.79 Å². The van der Waals surface area contributed by atoms with Crippen LogP contribution in [0.15, 0.2) is 36.0 Å². The highest BCUT2D eigenvalue weighted by molar-refractivity contribution is 7.15. The van der Waals surface area contributed by atoms with Gasteiger partial charge in [0.15, 0.2) is 11.2 Å². The number of rotatable bonds is 5. The minimum absolute atomic E-state index is 0.308. The van der Waals surface area contributed by atoms with Crippen molar-refractivity contribution >= 4 is 22.6 Å². The van der Waals surface area contributed by atoms with E-state index in [0.717, 1.165) is 16.9 Å². The molecule has 6 heteroatoms. The van der Waals surface area contributed by atoms with Gasteiger partial charge in [-0.3, -0.25) is 9.20 Å². The van der Waals surface area contributed by atoms with Gasteiger partial charge in [-0.15, -0.1) is 11.3 Å². The third kappa shape index (κ3) is 2.37. The Morgan fingerprint density at radius 1 is 1.45 bits per heavy atom. The summed E-state index contributed by atoms with van der Waals surface area (Å²) in [5, 5.41) is 1.97. The van der Waals surface area contributed by atoms with Gasteiger partial charge in [-0.2, -0.15) is 0 Å². The second-order valence-electron chi connectivity index (χ2n) is 4.14. The van der Waals surface area contributed by atoms with E-state index in [1.165, 1.54) is 0 Å². The lowest BCUT2D eigenvalue weighted by Gasteiger charge is -2.08. The van der Waals surface area contributed by atoms with Crippen LogP contribution in [0.1, 0.15) is 16.1 Å². The fourth-order valence-electron chi connectivity index (χ4n) is 1.86. The number of aldehydes is 1. The van der Waals surface area contributed by atoms with Gasteiger partial charge < -0.3 is 9.47 Å². The predicted octanol–water partition coefficient (Wildman–Crippen LogP) is 2.80. The maximum absolute atomic E-state index is 11.0. The lowest BCUT2D eigenvalue weighted by Crippen LogP contribution is -1.99. The highest BCUT2D eigenvalue weighted by Crippen LogP contribution is 2.24. The van der Waals surface area contributed by atoms with Crippen LogP contribution in [0.4, 0.5) is 0 Å². The van der Waals surface area contributed by atoms with Gasteiger partial charge in [0.25, 0.3) is 0 Å². The van der Waals surface area contributed by atoms with Gasteiger partial charge in [0.1, 0.15) is 18.1 Å². The molecule has 1 aromatic carbocycles. The number of carbonyl (C=O) groups excluding carboxylic acids is 1. The molecular formula is C14H12N2O3S. The molecule has 0 aliphatic rings. The smallest absolute Gasteiger partial charge is 0.193 e. The maximum Gasteiger partial charge on any atom is 0.193 e. The monoisotopic (exact) mass is 288 g/mol. The second kappa shape index (κ2) is 5.34. The van der Waals surface area contributed by atoms with Gasteiger partial charge in [-0.1, -0.05) is 0 Å². The van der Waals surface area contributed by atoms with Gasteiger partial charge in [0.05, 0.1) is 18.4 Å². The molecule has 0 radical (unpaired) electrons. The van der Waals surface area contributed by atoms with E-state index in [4.69, 9.17) is 9.47 Å². The SMILES string of the molecule is COc1ccc(C=O)c(OCc2cn3ccsc3n2)c1. The fourth-order valence-corrected chi connectivity index (χ4v) is 2.58. The topological polar surface area (TPSA) is 52.8 Å². The number of nitrogens with zero attached hydrogens (tertiary/aromatic N) is 2. The molecule has 0 bridgehead atoms. The van der Waals surface area contributed by atoms with Gasteiger partial charge in [-0.05, 0) is 12.1 Å². The standard InChI is InChI=1S/C14H12N2O3S/c1-18-12-3-2-10(8-17)13(6-12)19-9-11-7-16-4-5-20-14(16)15-11/h2-8H,9H2,1H3. The number of hydrogen-bond donors (Lipinski definition) is 0. The first-order chi connectivity index (χ1) is 9.80. The van der Waals surface area contributed by atoms with Gasteiger partial charge in [0, 0.05) is 23.8 Å². The summed E-state index contributed by atoms with van der Waals surface area (Å²) in [7, 11) is 1.57. The Morgan fingerprint density at radius 3 is 3.10 bits per heavy atom. The minimum Gasteiger partial charge on any atom is -0.497 e. The lowest BCUT2D eigenvalue weighted by molar-refractivity contribution is 0.111. The number of imidazole rings is 1. The molecule has 0 saturated heterocycles. The molecule has 0 unspecified atom stereocenters. The van der Waals surface area contributed by atoms with Crippen LogP contribution in [0, 0.1) is 0 Å². The van der Waals surface area contributed by atoms with E-state index >= 15 is 0 Å². The predicted molar refractivity (Wildman–Crippen MR) is 75.8 cm³/mol. The van der Waals surface area contributed by atoms with Gasteiger partial charge in [-0.25, -0.2) is 4.98 Å². The quantitative estimate of drug-likeness (QED) is 0.677. The molecule has 0 fully saturated rings. The number of fused-ring (bicyclic) bond motifs is 1. The van der Waals surface area contributed by atoms with Gasteiger partial charge >= 0.3 is 0 Å². The number of benzene rings is 1. The van der Waals surface area contributed by atoms with Crippen LogP contribution in [0.25, 0.3) is 4.96 Å². The van der Waals surface area contributed by atoms with Crippen LogP contribution in [0.3, 0.4) is 0 Å². The first-order valence-corrected chi connectivity index (χ1v) is 6.85. The highest BCUT2D eigenvalue weighted by Gasteiger charge is 2.08. The Hall–Kier alpha value is -2.34. The van der Waals surface area contributed by atoms with Crippen LogP contribution in [-0.2, 0) is 6.61 Å². The fraction of sp³-hybridized carbons (Fsp3) is 0.143. The molecule has 2 aromatic heterocycles. The maximum atomic E-state index is 11.0. The molecule has 0 aliphatic heterocycles. The molecule has 3 rings (SSSR count). The molecule has 2 heterocycles. The molecule has 102 valence electrons. The minimum atomic E-state index is 0.308. The van der Waals surface area contributed by atoms with Crippen molar-refractivity contribution in [2.24, 2.45) is 0 Å². The van der Waals surface area contributed by atoms with Crippen molar-refractivity contribution < 1.29 is 14.3 Å². The number of ether oxygens (including phenoxy) is 2. The summed E-state index contributed by atoms with van der Waals surface area (Å²) in [5.74, 6) is 1.15. The summed E-state index contributed by atoms with van der Waals surface area (Å²) in [6.07, 6.45) is 4.62. The van der Waals surface area contributed by atoms with Crippen molar-refractivity contribution in [3.63, 3.8) is 0 Å². The molecular weight excluding hydrogens is 276 g/mol. The van der Waals surface area contributed by atoms with Crippen molar-refractivity contribution in [3.05, 3.63) is 47.2 Å². The third-order valence-electron chi connectivity index (χ3n) is 2.87. The van der Waals surface area contributed by atoms with Crippen molar-refractivity contribution in [1.82, 2.24) is 9.38 Å². The van der Waals surface area contributed by atoms with E-state index in [0.29, 0.717) is 23.7 Å². The molecule has 0 atom stereocenters. The van der Waals surface area contributed by atoms with Crippen molar-refractivity contribution in [3.8, 4) is 11.5 Å². The van der Waals surface area contributed by atoms with E-state index in [1.54, 1.807) is 36.6 Å². The summed E-state index contributed by atoms with van der Waals surface area (Å²) in [4.78, 5) is 16.3. The summed E-state index contributed by atoms with van der Waals surface area (Å²) in [6, 6.07) is 5.10.